The molecule has 0 heterocycles. The summed E-state index contributed by atoms with van der Waals surface area (Å²) in [4.78, 5) is 0. The summed E-state index contributed by atoms with van der Waals surface area (Å²) < 4.78 is 0. The zero-order chi connectivity index (χ0) is 27.2. The van der Waals surface area contributed by atoms with E-state index in [1.54, 1.807) is 76.2 Å². The Morgan fingerprint density at radius 1 is 0.718 bits per heavy atom. The van der Waals surface area contributed by atoms with Gasteiger partial charge in [-0.25, -0.2) is 0 Å². The van der Waals surface area contributed by atoms with E-state index in [0.29, 0.717) is 0 Å². The van der Waals surface area contributed by atoms with E-state index < -0.39 is 0 Å². The highest BCUT2D eigenvalue weighted by Crippen LogP contribution is 2.62. The molecule has 0 aromatic rings. The molecule has 39 heavy (non-hydrogen) atoms. The van der Waals surface area contributed by atoms with Gasteiger partial charge >= 0.3 is 0 Å². The first kappa shape index (κ1) is 30.2. The Hall–Kier alpha value is -0.260. The van der Waals surface area contributed by atoms with Crippen LogP contribution < -0.4 is 0 Å². The van der Waals surface area contributed by atoms with E-state index in [9.17, 15) is 0 Å². The van der Waals surface area contributed by atoms with Crippen LogP contribution in [-0.2, 0) is 0 Å². The molecule has 8 unspecified atom stereocenters. The Balaban J connectivity index is 1.36. The quantitative estimate of drug-likeness (QED) is 0.192. The van der Waals surface area contributed by atoms with Crippen molar-refractivity contribution in [3.05, 3.63) is 11.6 Å². The minimum atomic E-state index is 0.905. The van der Waals surface area contributed by atoms with Gasteiger partial charge in [0.1, 0.15) is 0 Å². The second-order valence-corrected chi connectivity index (χ2v) is 15.9. The highest BCUT2D eigenvalue weighted by molar-refractivity contribution is 5.08. The predicted octanol–water partition coefficient (Wildman–Crippen LogP) is 12.4. The van der Waals surface area contributed by atoms with Crippen molar-refractivity contribution in [1.29, 1.82) is 0 Å². The lowest BCUT2D eigenvalue weighted by Gasteiger charge is -2.60. The minimum absolute atomic E-state index is 0.905. The molecule has 0 heteroatoms. The van der Waals surface area contributed by atoms with Crippen molar-refractivity contribution in [1.82, 2.24) is 0 Å². The third-order valence-electron chi connectivity index (χ3n) is 13.9. The molecule has 224 valence electrons. The summed E-state index contributed by atoms with van der Waals surface area (Å²) in [6, 6.07) is 0. The van der Waals surface area contributed by atoms with Crippen molar-refractivity contribution >= 4 is 0 Å². The largest absolute Gasteiger partial charge is 0.0853 e. The number of hydrogen-bond acceptors (Lipinski definition) is 0. The topological polar surface area (TPSA) is 0 Å². The van der Waals surface area contributed by atoms with Gasteiger partial charge in [-0.05, 0) is 123 Å². The zero-order valence-corrected chi connectivity index (χ0v) is 27.0. The normalized spacial score (nSPS) is 39.9. The maximum atomic E-state index is 2.68. The van der Waals surface area contributed by atoms with Gasteiger partial charge in [0.15, 0.2) is 0 Å². The van der Waals surface area contributed by atoms with Crippen molar-refractivity contribution < 1.29 is 0 Å². The summed E-state index contributed by atoms with van der Waals surface area (Å²) in [6.07, 6.45) is 36.0. The van der Waals surface area contributed by atoms with E-state index in [-0.39, 0.29) is 0 Å². The molecule has 0 aliphatic heterocycles. The van der Waals surface area contributed by atoms with Gasteiger partial charge in [0, 0.05) is 0 Å². The fourth-order valence-corrected chi connectivity index (χ4v) is 12.0. The predicted molar refractivity (Wildman–Crippen MR) is 171 cm³/mol. The van der Waals surface area contributed by atoms with Gasteiger partial charge in [0.2, 0.25) is 0 Å². The zero-order valence-electron chi connectivity index (χ0n) is 27.0. The lowest BCUT2D eigenvalue weighted by Crippen LogP contribution is -2.53. The van der Waals surface area contributed by atoms with Crippen LogP contribution in [0.1, 0.15) is 169 Å². The summed E-state index contributed by atoms with van der Waals surface area (Å²) in [5.74, 6) is 11.4. The van der Waals surface area contributed by atoms with Crippen LogP contribution in [0.5, 0.6) is 0 Å². The van der Waals surface area contributed by atoms with Crippen LogP contribution in [0.4, 0.5) is 0 Å². The Labute approximate surface area is 245 Å². The molecule has 5 rings (SSSR count). The van der Waals surface area contributed by atoms with Crippen LogP contribution in [0.3, 0.4) is 0 Å². The third kappa shape index (κ3) is 7.04. The summed E-state index contributed by atoms with van der Waals surface area (Å²) >= 11 is 0. The van der Waals surface area contributed by atoms with Crippen LogP contribution in [-0.4, -0.2) is 0 Å². The average Bonchev–Trinajstić information content (AvgIpc) is 2.99. The molecule has 0 aromatic carbocycles. The molecular formula is C39H68. The van der Waals surface area contributed by atoms with E-state index in [1.807, 2.05) is 0 Å². The molecule has 0 nitrogen and oxygen atoms in total. The molecule has 0 spiro atoms. The van der Waals surface area contributed by atoms with Gasteiger partial charge in [-0.3, -0.25) is 0 Å². The highest BCUT2D eigenvalue weighted by atomic mass is 14.6. The fourth-order valence-electron chi connectivity index (χ4n) is 12.0. The van der Waals surface area contributed by atoms with E-state index in [1.165, 1.54) is 70.6 Å². The third-order valence-corrected chi connectivity index (χ3v) is 13.9. The number of hydrogen-bond donors (Lipinski definition) is 0. The van der Waals surface area contributed by atoms with Gasteiger partial charge in [0.05, 0.1) is 0 Å². The lowest BCUT2D eigenvalue weighted by atomic mass is 9.45. The number of allylic oxidation sites excluding steroid dienone is 2. The molecule has 0 amide bonds. The van der Waals surface area contributed by atoms with Crippen LogP contribution in [0.15, 0.2) is 11.6 Å². The van der Waals surface area contributed by atoms with Crippen molar-refractivity contribution in [2.75, 3.05) is 0 Å². The Morgan fingerprint density at radius 3 is 1.95 bits per heavy atom. The first-order valence-electron chi connectivity index (χ1n) is 18.8. The molecule has 5 aliphatic rings. The van der Waals surface area contributed by atoms with E-state index in [4.69, 9.17) is 0 Å². The molecule has 5 aliphatic carbocycles. The maximum Gasteiger partial charge on any atom is -0.0203 e. The SMILES string of the molecule is CCCC/C=C(\C)C1CCCC(C2C3CCCCC3C(C(CC)CC(C)C3CCCCC3)C3CCCCC32)C1. The van der Waals surface area contributed by atoms with Crippen molar-refractivity contribution in [2.45, 2.75) is 169 Å². The van der Waals surface area contributed by atoms with Crippen LogP contribution in [0.2, 0.25) is 0 Å². The van der Waals surface area contributed by atoms with Crippen molar-refractivity contribution in [3.8, 4) is 0 Å². The van der Waals surface area contributed by atoms with Gasteiger partial charge in [-0.2, -0.15) is 0 Å². The minimum Gasteiger partial charge on any atom is -0.0853 e. The summed E-state index contributed by atoms with van der Waals surface area (Å²) in [6.45, 7) is 10.1. The van der Waals surface area contributed by atoms with Gasteiger partial charge in [-0.1, -0.05) is 122 Å². The van der Waals surface area contributed by atoms with E-state index in [2.05, 4.69) is 33.8 Å². The average molecular weight is 537 g/mol. The standard InChI is InChI=1S/C39H68/c1-5-7-9-17-28(3)32-20-16-21-33(27-32)39-36-24-14-12-22-34(36)38(35-23-13-15-25-37(35)39)30(6-2)26-29(4)31-18-10-8-11-19-31/h17,29-39H,5-16,18-27H2,1-4H3/b28-17+. The van der Waals surface area contributed by atoms with E-state index >= 15 is 0 Å². The van der Waals surface area contributed by atoms with Gasteiger partial charge < -0.3 is 0 Å². The van der Waals surface area contributed by atoms with Crippen molar-refractivity contribution in [3.63, 3.8) is 0 Å². The Bertz CT molecular complexity index is 717. The molecule has 0 aromatic heterocycles. The molecule has 0 N–H and O–H groups in total. The first-order valence-corrected chi connectivity index (χ1v) is 18.8. The highest BCUT2D eigenvalue weighted by Gasteiger charge is 2.54. The summed E-state index contributed by atoms with van der Waals surface area (Å²) in [5, 5.41) is 0. The molecule has 8 atom stereocenters. The van der Waals surface area contributed by atoms with Crippen molar-refractivity contribution in [2.24, 2.45) is 65.1 Å². The van der Waals surface area contributed by atoms with Gasteiger partial charge in [0.25, 0.3) is 0 Å². The molecule has 0 bridgehead atoms. The number of rotatable bonds is 10. The molecule has 0 radical (unpaired) electrons. The monoisotopic (exact) mass is 537 g/mol. The fraction of sp³-hybridized carbons (Fsp3) is 0.949. The molecular weight excluding hydrogens is 468 g/mol. The lowest BCUT2D eigenvalue weighted by molar-refractivity contribution is -0.113. The Morgan fingerprint density at radius 2 is 1.33 bits per heavy atom. The second kappa shape index (κ2) is 14.8. The van der Waals surface area contributed by atoms with Crippen LogP contribution in [0.25, 0.3) is 0 Å². The number of unbranched alkanes of at least 4 members (excludes halogenated alkanes) is 2. The second-order valence-electron chi connectivity index (χ2n) is 15.9. The maximum absolute atomic E-state index is 2.68. The Kier molecular flexibility index (Phi) is 11.4. The van der Waals surface area contributed by atoms with Crippen LogP contribution >= 0.6 is 0 Å². The smallest absolute Gasteiger partial charge is 0.0203 e. The summed E-state index contributed by atoms with van der Waals surface area (Å²) in [5.41, 5.74) is 1.77. The summed E-state index contributed by atoms with van der Waals surface area (Å²) in [7, 11) is 0. The van der Waals surface area contributed by atoms with Crippen LogP contribution in [0, 0.1) is 65.1 Å². The number of fused-ring (bicyclic) bond motifs is 2. The molecule has 5 fully saturated rings. The molecule has 5 saturated carbocycles. The van der Waals surface area contributed by atoms with Gasteiger partial charge in [-0.15, -0.1) is 0 Å². The first-order chi connectivity index (χ1) is 19.1. The van der Waals surface area contributed by atoms with E-state index in [0.717, 1.165) is 65.1 Å². The molecule has 0 saturated heterocycles.